The van der Waals surface area contributed by atoms with Gasteiger partial charge in [-0.25, -0.2) is 4.79 Å². The fraction of sp³-hybridized carbons (Fsp3) is 0.375. The molecule has 1 heterocycles. The van der Waals surface area contributed by atoms with Gasteiger partial charge in [-0.1, -0.05) is 47.5 Å². The summed E-state index contributed by atoms with van der Waals surface area (Å²) in [5.41, 5.74) is 6.85. The predicted octanol–water partition coefficient (Wildman–Crippen LogP) is 3.83. The molecule has 182 valence electrons. The zero-order valence-electron chi connectivity index (χ0n) is 18.9. The van der Waals surface area contributed by atoms with Crippen LogP contribution in [0, 0.1) is 6.92 Å². The normalized spacial score (nSPS) is 14.9. The molecule has 3 amide bonds. The molecule has 0 bridgehead atoms. The van der Waals surface area contributed by atoms with Crippen molar-refractivity contribution < 1.29 is 19.1 Å². The van der Waals surface area contributed by atoms with E-state index in [0.29, 0.717) is 41.7 Å². The van der Waals surface area contributed by atoms with Gasteiger partial charge in [-0.15, -0.1) is 0 Å². The number of carbonyl (C=O) groups excluding carboxylic acids is 3. The fourth-order valence-electron chi connectivity index (χ4n) is 4.01. The van der Waals surface area contributed by atoms with E-state index in [2.05, 4.69) is 5.32 Å². The van der Waals surface area contributed by atoms with E-state index in [9.17, 15) is 14.4 Å². The zero-order chi connectivity index (χ0) is 24.7. The van der Waals surface area contributed by atoms with Crippen molar-refractivity contribution in [2.24, 2.45) is 5.73 Å². The van der Waals surface area contributed by atoms with Gasteiger partial charge < -0.3 is 20.3 Å². The lowest BCUT2D eigenvalue weighted by molar-refractivity contribution is -0.137. The highest BCUT2D eigenvalue weighted by Gasteiger charge is 2.42. The van der Waals surface area contributed by atoms with Crippen molar-refractivity contribution in [1.29, 1.82) is 0 Å². The summed E-state index contributed by atoms with van der Waals surface area (Å²) in [7, 11) is 0. The van der Waals surface area contributed by atoms with Crippen molar-refractivity contribution in [3.8, 4) is 0 Å². The van der Waals surface area contributed by atoms with Crippen molar-refractivity contribution in [2.75, 3.05) is 31.6 Å². The second-order valence-electron chi connectivity index (χ2n) is 8.32. The molecule has 34 heavy (non-hydrogen) atoms. The summed E-state index contributed by atoms with van der Waals surface area (Å²) in [6, 6.07) is 12.5. The molecule has 0 aromatic heterocycles. The molecule has 0 aliphatic carbocycles. The lowest BCUT2D eigenvalue weighted by Gasteiger charge is -2.47. The molecule has 3 N–H and O–H groups in total. The third-order valence-corrected chi connectivity index (χ3v) is 6.77. The minimum absolute atomic E-state index is 0.0594. The smallest absolute Gasteiger partial charge is 0.411 e. The number of nitrogens with one attached hydrogen (secondary N) is 1. The van der Waals surface area contributed by atoms with E-state index in [1.807, 2.05) is 31.2 Å². The summed E-state index contributed by atoms with van der Waals surface area (Å²) < 4.78 is 5.58. The van der Waals surface area contributed by atoms with Crippen molar-refractivity contribution in [2.45, 2.75) is 31.8 Å². The number of likely N-dealkylation sites (tertiary alicyclic amines) is 1. The Kier molecular flexibility index (Phi) is 8.77. The first-order chi connectivity index (χ1) is 16.3. The van der Waals surface area contributed by atoms with E-state index in [1.54, 1.807) is 28.0 Å². The number of hydrogen-bond acceptors (Lipinski definition) is 5. The van der Waals surface area contributed by atoms with E-state index >= 15 is 0 Å². The molecule has 1 aliphatic rings. The van der Waals surface area contributed by atoms with Crippen molar-refractivity contribution in [1.82, 2.24) is 9.80 Å². The Morgan fingerprint density at radius 1 is 1.18 bits per heavy atom. The van der Waals surface area contributed by atoms with Crippen LogP contribution in [-0.4, -0.2) is 60.0 Å². The molecule has 1 saturated heterocycles. The minimum atomic E-state index is -0.819. The van der Waals surface area contributed by atoms with Crippen LogP contribution in [-0.2, 0) is 20.9 Å². The highest BCUT2D eigenvalue weighted by Crippen LogP contribution is 2.32. The molecule has 0 unspecified atom stereocenters. The Hall–Kier alpha value is -2.81. The average molecular weight is 507 g/mol. The quantitative estimate of drug-likeness (QED) is 0.529. The number of nitrogens with zero attached hydrogens (tertiary/aromatic N) is 2. The minimum Gasteiger partial charge on any atom is -0.447 e. The van der Waals surface area contributed by atoms with Crippen molar-refractivity contribution >= 4 is 47.3 Å². The molecular formula is C24H28Cl2N4O4. The molecule has 8 nitrogen and oxygen atoms in total. The summed E-state index contributed by atoms with van der Waals surface area (Å²) in [5, 5.41) is 3.58. The molecule has 0 spiro atoms. The largest absolute Gasteiger partial charge is 0.447 e. The van der Waals surface area contributed by atoms with Gasteiger partial charge in [0.25, 0.3) is 0 Å². The lowest BCUT2D eigenvalue weighted by atomic mass is 9.86. The predicted molar refractivity (Wildman–Crippen MR) is 132 cm³/mol. The maximum Gasteiger partial charge on any atom is 0.411 e. The number of carbonyl (C=O) groups is 3. The van der Waals surface area contributed by atoms with Crippen LogP contribution >= 0.6 is 23.2 Å². The number of hydrogen-bond donors (Lipinski definition) is 2. The summed E-state index contributed by atoms with van der Waals surface area (Å²) in [5.74, 6) is -0.162. The number of halogens is 2. The molecular weight excluding hydrogens is 479 g/mol. The molecule has 2 aromatic rings. The summed E-state index contributed by atoms with van der Waals surface area (Å²) in [4.78, 5) is 40.1. The van der Waals surface area contributed by atoms with Gasteiger partial charge >= 0.3 is 6.09 Å². The van der Waals surface area contributed by atoms with Gasteiger partial charge in [0, 0.05) is 24.7 Å². The number of benzene rings is 2. The van der Waals surface area contributed by atoms with Crippen molar-refractivity contribution in [3.63, 3.8) is 0 Å². The Labute approximate surface area is 208 Å². The van der Waals surface area contributed by atoms with Gasteiger partial charge in [0.1, 0.15) is 6.61 Å². The zero-order valence-corrected chi connectivity index (χ0v) is 20.4. The second kappa shape index (κ2) is 11.6. The number of rotatable bonds is 8. The molecule has 10 heteroatoms. The van der Waals surface area contributed by atoms with E-state index in [1.165, 1.54) is 0 Å². The second-order valence-corrected chi connectivity index (χ2v) is 9.13. The number of anilines is 1. The van der Waals surface area contributed by atoms with E-state index < -0.39 is 11.6 Å². The van der Waals surface area contributed by atoms with E-state index in [-0.39, 0.29) is 25.6 Å². The highest BCUT2D eigenvalue weighted by atomic mass is 35.5. The topological polar surface area (TPSA) is 105 Å². The van der Waals surface area contributed by atoms with Gasteiger partial charge in [-0.3, -0.25) is 14.9 Å². The Bertz CT molecular complexity index is 1040. The van der Waals surface area contributed by atoms with Crippen LogP contribution in [0.15, 0.2) is 42.5 Å². The highest BCUT2D eigenvalue weighted by molar-refractivity contribution is 6.33. The van der Waals surface area contributed by atoms with Crippen LogP contribution in [0.2, 0.25) is 10.0 Å². The number of amides is 3. The van der Waals surface area contributed by atoms with E-state index in [4.69, 9.17) is 33.7 Å². The van der Waals surface area contributed by atoms with Gasteiger partial charge in [0.05, 0.1) is 22.8 Å². The maximum atomic E-state index is 12.6. The maximum absolute atomic E-state index is 12.6. The number of ether oxygens (including phenoxy) is 1. The monoisotopic (exact) mass is 506 g/mol. The lowest BCUT2D eigenvalue weighted by Crippen LogP contribution is -2.59. The Morgan fingerprint density at radius 3 is 2.50 bits per heavy atom. The van der Waals surface area contributed by atoms with Gasteiger partial charge in [-0.2, -0.15) is 0 Å². The number of nitrogens with two attached hydrogens (primary N) is 1. The summed E-state index contributed by atoms with van der Waals surface area (Å²) in [6.45, 7) is 2.76. The first-order valence-corrected chi connectivity index (χ1v) is 11.7. The molecule has 2 aromatic carbocycles. The third kappa shape index (κ3) is 6.20. The van der Waals surface area contributed by atoms with Crippen LogP contribution < -0.4 is 11.1 Å². The van der Waals surface area contributed by atoms with Gasteiger partial charge in [0.2, 0.25) is 12.3 Å². The Morgan fingerprint density at radius 2 is 1.88 bits per heavy atom. The summed E-state index contributed by atoms with van der Waals surface area (Å²) in [6.07, 6.45) is 0.886. The Balaban J connectivity index is 1.77. The van der Waals surface area contributed by atoms with E-state index in [0.717, 1.165) is 17.5 Å². The van der Waals surface area contributed by atoms with Crippen LogP contribution in [0.25, 0.3) is 0 Å². The first kappa shape index (κ1) is 25.8. The number of piperidine rings is 1. The SMILES string of the molecule is Cc1ccc(NC(=O)OCC2(N(C=O)Cc3ccccc3Cl)CCN(C(=O)CN)CC2)c(Cl)c1. The fourth-order valence-corrected chi connectivity index (χ4v) is 4.49. The number of aryl methyl sites for hydroxylation is 1. The molecule has 0 saturated carbocycles. The third-order valence-electron chi connectivity index (χ3n) is 6.09. The molecule has 1 fully saturated rings. The standard InChI is InChI=1S/C24H28Cl2N4O4/c1-17-6-7-21(20(26)12-17)28-23(33)34-15-24(8-10-29(11-9-24)22(32)13-27)30(16-31)14-18-4-2-3-5-19(18)25/h2-7,12,16H,8-11,13-15,27H2,1H3,(H,28,33). The summed E-state index contributed by atoms with van der Waals surface area (Å²) >= 11 is 12.5. The molecule has 1 aliphatic heterocycles. The van der Waals surface area contributed by atoms with Crippen LogP contribution in [0.1, 0.15) is 24.0 Å². The van der Waals surface area contributed by atoms with Gasteiger partial charge in [0.15, 0.2) is 0 Å². The molecule has 0 radical (unpaired) electrons. The average Bonchev–Trinajstić information content (AvgIpc) is 2.84. The molecule has 3 rings (SSSR count). The van der Waals surface area contributed by atoms with Crippen LogP contribution in [0.3, 0.4) is 0 Å². The van der Waals surface area contributed by atoms with Crippen LogP contribution in [0.4, 0.5) is 10.5 Å². The van der Waals surface area contributed by atoms with Crippen LogP contribution in [0.5, 0.6) is 0 Å². The van der Waals surface area contributed by atoms with Gasteiger partial charge in [-0.05, 0) is 49.1 Å². The molecule has 0 atom stereocenters. The first-order valence-electron chi connectivity index (χ1n) is 10.9. The van der Waals surface area contributed by atoms with Crippen molar-refractivity contribution in [3.05, 3.63) is 63.6 Å².